The number of halogens is 1. The predicted molar refractivity (Wildman–Crippen MR) is 119 cm³/mol. The van der Waals surface area contributed by atoms with Crippen molar-refractivity contribution in [3.8, 4) is 22.4 Å². The standard InChI is InChI=1S/C22H13IN2S/c23-22-24-20(19-17-8-4-5-9-18(17)26-21(19)25-22)16-12-10-15(11-13-16)14-6-2-1-3-7-14/h1-13H. The SMILES string of the molecule is Ic1nc(-c2ccc(-c3ccccc3)cc2)c2c(n1)sc1ccccc12. The third kappa shape index (κ3) is 2.70. The van der Waals surface area contributed by atoms with Crippen LogP contribution in [0.1, 0.15) is 0 Å². The quantitative estimate of drug-likeness (QED) is 0.213. The van der Waals surface area contributed by atoms with Crippen molar-refractivity contribution in [1.29, 1.82) is 0 Å². The highest BCUT2D eigenvalue weighted by Crippen LogP contribution is 2.38. The molecule has 0 radical (unpaired) electrons. The fourth-order valence-corrected chi connectivity index (χ4v) is 4.98. The van der Waals surface area contributed by atoms with Crippen molar-refractivity contribution in [2.24, 2.45) is 0 Å². The Balaban J connectivity index is 1.71. The second-order valence-corrected chi connectivity index (χ2v) is 8.06. The third-order valence-electron chi connectivity index (χ3n) is 4.48. The minimum atomic E-state index is 0.781. The second kappa shape index (κ2) is 6.45. The topological polar surface area (TPSA) is 25.8 Å². The summed E-state index contributed by atoms with van der Waals surface area (Å²) in [7, 11) is 0. The van der Waals surface area contributed by atoms with E-state index >= 15 is 0 Å². The van der Waals surface area contributed by atoms with E-state index in [1.54, 1.807) is 11.3 Å². The van der Waals surface area contributed by atoms with Gasteiger partial charge in [-0.1, -0.05) is 72.8 Å². The van der Waals surface area contributed by atoms with Crippen LogP contribution in [0.2, 0.25) is 0 Å². The molecule has 0 N–H and O–H groups in total. The van der Waals surface area contributed by atoms with Crippen LogP contribution in [0.15, 0.2) is 78.9 Å². The fraction of sp³-hybridized carbons (Fsp3) is 0. The molecular weight excluding hydrogens is 451 g/mol. The number of thiophene rings is 1. The van der Waals surface area contributed by atoms with E-state index in [1.807, 2.05) is 6.07 Å². The van der Waals surface area contributed by atoms with Crippen LogP contribution in [-0.2, 0) is 0 Å². The lowest BCUT2D eigenvalue weighted by Crippen LogP contribution is -1.92. The van der Waals surface area contributed by atoms with Crippen LogP contribution in [0.3, 0.4) is 0 Å². The molecule has 0 unspecified atom stereocenters. The molecule has 5 rings (SSSR count). The number of hydrogen-bond acceptors (Lipinski definition) is 3. The molecule has 2 aromatic heterocycles. The van der Waals surface area contributed by atoms with Crippen LogP contribution in [0.4, 0.5) is 0 Å². The van der Waals surface area contributed by atoms with Crippen molar-refractivity contribution in [1.82, 2.24) is 9.97 Å². The summed E-state index contributed by atoms with van der Waals surface area (Å²) in [5, 5.41) is 2.38. The molecule has 0 saturated carbocycles. The summed E-state index contributed by atoms with van der Waals surface area (Å²) < 4.78 is 2.03. The van der Waals surface area contributed by atoms with Gasteiger partial charge in [0.05, 0.1) is 5.69 Å². The van der Waals surface area contributed by atoms with Gasteiger partial charge in [-0.25, -0.2) is 9.97 Å². The summed E-state index contributed by atoms with van der Waals surface area (Å²) in [5.74, 6) is 0. The Morgan fingerprint density at radius 2 is 1.31 bits per heavy atom. The Hall–Kier alpha value is -2.31. The molecule has 0 aliphatic rings. The number of hydrogen-bond donors (Lipinski definition) is 0. The van der Waals surface area contributed by atoms with Gasteiger partial charge in [0.25, 0.3) is 0 Å². The molecular formula is C22H13IN2S. The van der Waals surface area contributed by atoms with Crippen LogP contribution in [-0.4, -0.2) is 9.97 Å². The molecule has 0 saturated heterocycles. The van der Waals surface area contributed by atoms with Crippen molar-refractivity contribution in [2.75, 3.05) is 0 Å². The fourth-order valence-electron chi connectivity index (χ4n) is 3.26. The summed E-state index contributed by atoms with van der Waals surface area (Å²) >= 11 is 3.93. The van der Waals surface area contributed by atoms with Gasteiger partial charge in [-0.3, -0.25) is 0 Å². The van der Waals surface area contributed by atoms with E-state index in [0.717, 1.165) is 25.3 Å². The zero-order valence-electron chi connectivity index (χ0n) is 13.7. The maximum Gasteiger partial charge on any atom is 0.192 e. The highest BCUT2D eigenvalue weighted by atomic mass is 127. The van der Waals surface area contributed by atoms with Crippen LogP contribution >= 0.6 is 33.9 Å². The first-order chi connectivity index (χ1) is 12.8. The van der Waals surface area contributed by atoms with E-state index in [-0.39, 0.29) is 0 Å². The van der Waals surface area contributed by atoms with Crippen molar-refractivity contribution in [2.45, 2.75) is 0 Å². The van der Waals surface area contributed by atoms with Crippen LogP contribution in [0, 0.1) is 3.83 Å². The Morgan fingerprint density at radius 3 is 2.12 bits per heavy atom. The molecule has 3 aromatic carbocycles. The van der Waals surface area contributed by atoms with E-state index < -0.39 is 0 Å². The Morgan fingerprint density at radius 1 is 0.654 bits per heavy atom. The van der Waals surface area contributed by atoms with Gasteiger partial charge in [0.15, 0.2) is 3.83 Å². The number of aromatic nitrogens is 2. The van der Waals surface area contributed by atoms with E-state index in [9.17, 15) is 0 Å². The van der Waals surface area contributed by atoms with Gasteiger partial charge in [0, 0.05) is 43.6 Å². The first-order valence-corrected chi connectivity index (χ1v) is 10.2. The molecule has 0 bridgehead atoms. The summed E-state index contributed by atoms with van der Waals surface area (Å²) in [5.41, 5.74) is 4.57. The zero-order valence-corrected chi connectivity index (χ0v) is 16.7. The molecule has 2 heterocycles. The van der Waals surface area contributed by atoms with Crippen molar-refractivity contribution < 1.29 is 0 Å². The van der Waals surface area contributed by atoms with Crippen LogP contribution < -0.4 is 0 Å². The average molecular weight is 464 g/mol. The molecule has 0 spiro atoms. The van der Waals surface area contributed by atoms with E-state index in [4.69, 9.17) is 4.98 Å². The van der Waals surface area contributed by atoms with E-state index in [2.05, 4.69) is 100 Å². The van der Waals surface area contributed by atoms with E-state index in [0.29, 0.717) is 0 Å². The summed E-state index contributed by atoms with van der Waals surface area (Å²) in [6.45, 7) is 0. The molecule has 2 nitrogen and oxygen atoms in total. The normalized spacial score (nSPS) is 11.3. The van der Waals surface area contributed by atoms with Gasteiger partial charge < -0.3 is 0 Å². The summed E-state index contributed by atoms with van der Waals surface area (Å²) in [4.78, 5) is 10.5. The molecule has 0 aliphatic carbocycles. The number of fused-ring (bicyclic) bond motifs is 3. The molecule has 124 valence electrons. The van der Waals surface area contributed by atoms with E-state index in [1.165, 1.54) is 21.2 Å². The van der Waals surface area contributed by atoms with Crippen molar-refractivity contribution in [3.63, 3.8) is 0 Å². The Labute approximate surface area is 168 Å². The van der Waals surface area contributed by atoms with Crippen molar-refractivity contribution in [3.05, 3.63) is 82.7 Å². The molecule has 4 heteroatoms. The van der Waals surface area contributed by atoms with Gasteiger partial charge >= 0.3 is 0 Å². The molecule has 0 amide bonds. The monoisotopic (exact) mass is 464 g/mol. The lowest BCUT2D eigenvalue weighted by Gasteiger charge is -2.06. The maximum atomic E-state index is 4.78. The largest absolute Gasteiger partial charge is 0.222 e. The Bertz CT molecular complexity index is 1230. The molecule has 0 aliphatic heterocycles. The first-order valence-electron chi connectivity index (χ1n) is 8.30. The highest BCUT2D eigenvalue weighted by Gasteiger charge is 2.14. The smallest absolute Gasteiger partial charge is 0.192 e. The Kier molecular flexibility index (Phi) is 3.94. The molecule has 26 heavy (non-hydrogen) atoms. The number of benzene rings is 3. The lowest BCUT2D eigenvalue weighted by atomic mass is 10.0. The number of nitrogens with zero attached hydrogens (tertiary/aromatic N) is 2. The van der Waals surface area contributed by atoms with Crippen molar-refractivity contribution >= 4 is 54.2 Å². The van der Waals surface area contributed by atoms with Gasteiger partial charge in [0.1, 0.15) is 4.83 Å². The van der Waals surface area contributed by atoms with Gasteiger partial charge in [-0.15, -0.1) is 11.3 Å². The average Bonchev–Trinajstić information content (AvgIpc) is 3.06. The second-order valence-electron chi connectivity index (χ2n) is 6.06. The summed E-state index contributed by atoms with van der Waals surface area (Å²) in [6, 6.07) is 27.6. The third-order valence-corrected chi connectivity index (χ3v) is 6.02. The lowest BCUT2D eigenvalue weighted by molar-refractivity contribution is 1.17. The summed E-state index contributed by atoms with van der Waals surface area (Å²) in [6.07, 6.45) is 0. The first kappa shape index (κ1) is 15.9. The molecule has 5 aromatic rings. The minimum absolute atomic E-state index is 0.781. The van der Waals surface area contributed by atoms with Gasteiger partial charge in [-0.05, 0) is 17.2 Å². The highest BCUT2D eigenvalue weighted by molar-refractivity contribution is 14.1. The van der Waals surface area contributed by atoms with Crippen LogP contribution in [0.25, 0.3) is 42.7 Å². The maximum absolute atomic E-state index is 4.78. The van der Waals surface area contributed by atoms with Gasteiger partial charge in [0.2, 0.25) is 0 Å². The zero-order chi connectivity index (χ0) is 17.5. The minimum Gasteiger partial charge on any atom is -0.222 e. The number of rotatable bonds is 2. The molecule has 0 atom stereocenters. The van der Waals surface area contributed by atoms with Crippen LogP contribution in [0.5, 0.6) is 0 Å². The predicted octanol–water partition coefficient (Wildman–Crippen LogP) is 6.78. The molecule has 0 fully saturated rings. The van der Waals surface area contributed by atoms with Gasteiger partial charge in [-0.2, -0.15) is 0 Å².